The number of rotatable bonds is 12. The van der Waals surface area contributed by atoms with Gasteiger partial charge in [0.05, 0.1) is 10.6 Å². The Labute approximate surface area is 162 Å². The van der Waals surface area contributed by atoms with Crippen LogP contribution < -0.4 is 15.8 Å². The third kappa shape index (κ3) is 7.72. The molecular weight excluding hydrogens is 364 g/mol. The standard InChI is InChI=1S/C20H30N2O4S/c1-2-16(14-21)15-26-18-9-11-19(12-10-18)27(24,25)13-5-3-4-6-20(23)22-17-7-8-17/h2,9-12,17H,3-8,13-15,21H2,1H3,(H,22,23)/b16-2+. The van der Waals surface area contributed by atoms with Gasteiger partial charge in [0.2, 0.25) is 5.91 Å². The van der Waals surface area contributed by atoms with E-state index >= 15 is 0 Å². The number of hydrogen-bond acceptors (Lipinski definition) is 5. The lowest BCUT2D eigenvalue weighted by molar-refractivity contribution is -0.121. The van der Waals surface area contributed by atoms with E-state index in [1.54, 1.807) is 24.3 Å². The molecule has 0 aliphatic heterocycles. The Morgan fingerprint density at radius 3 is 2.52 bits per heavy atom. The zero-order chi connectivity index (χ0) is 19.7. The molecule has 0 unspecified atom stereocenters. The van der Waals surface area contributed by atoms with Gasteiger partial charge in [-0.05, 0) is 62.4 Å². The van der Waals surface area contributed by atoms with Crippen molar-refractivity contribution in [1.29, 1.82) is 0 Å². The first-order chi connectivity index (χ1) is 12.9. The summed E-state index contributed by atoms with van der Waals surface area (Å²) in [6, 6.07) is 6.86. The highest BCUT2D eigenvalue weighted by molar-refractivity contribution is 7.91. The Morgan fingerprint density at radius 1 is 1.22 bits per heavy atom. The Morgan fingerprint density at radius 2 is 1.93 bits per heavy atom. The Balaban J connectivity index is 1.72. The van der Waals surface area contributed by atoms with E-state index < -0.39 is 9.84 Å². The SMILES string of the molecule is C/C=C(\CN)COc1ccc(S(=O)(=O)CCCCCC(=O)NC2CC2)cc1. The van der Waals surface area contributed by atoms with Gasteiger partial charge in [-0.15, -0.1) is 0 Å². The molecule has 3 N–H and O–H groups in total. The molecule has 1 aliphatic carbocycles. The Hall–Kier alpha value is -1.86. The van der Waals surface area contributed by atoms with Crippen LogP contribution in [0.2, 0.25) is 0 Å². The summed E-state index contributed by atoms with van der Waals surface area (Å²) in [5.41, 5.74) is 6.57. The van der Waals surface area contributed by atoms with Gasteiger partial charge in [-0.1, -0.05) is 12.5 Å². The van der Waals surface area contributed by atoms with E-state index in [2.05, 4.69) is 5.32 Å². The molecule has 0 spiro atoms. The zero-order valence-corrected chi connectivity index (χ0v) is 16.8. The van der Waals surface area contributed by atoms with E-state index in [-0.39, 0.29) is 11.7 Å². The summed E-state index contributed by atoms with van der Waals surface area (Å²) in [5.74, 6) is 0.781. The molecule has 1 saturated carbocycles. The average Bonchev–Trinajstić information content (AvgIpc) is 3.46. The van der Waals surface area contributed by atoms with Gasteiger partial charge in [-0.25, -0.2) is 8.42 Å². The van der Waals surface area contributed by atoms with Crippen LogP contribution in [0.1, 0.15) is 45.4 Å². The fourth-order valence-electron chi connectivity index (χ4n) is 2.58. The average molecular weight is 395 g/mol. The van der Waals surface area contributed by atoms with Crippen LogP contribution in [0.3, 0.4) is 0 Å². The molecule has 27 heavy (non-hydrogen) atoms. The minimum absolute atomic E-state index is 0.0756. The van der Waals surface area contributed by atoms with Gasteiger partial charge in [-0.2, -0.15) is 0 Å². The van der Waals surface area contributed by atoms with E-state index in [9.17, 15) is 13.2 Å². The van der Waals surface area contributed by atoms with E-state index in [4.69, 9.17) is 10.5 Å². The fraction of sp³-hybridized carbons (Fsp3) is 0.550. The first-order valence-electron chi connectivity index (χ1n) is 9.53. The normalized spacial score (nSPS) is 14.8. The van der Waals surface area contributed by atoms with E-state index in [0.717, 1.165) is 31.3 Å². The summed E-state index contributed by atoms with van der Waals surface area (Å²) >= 11 is 0. The molecular formula is C20H30N2O4S. The Kier molecular flexibility index (Phi) is 8.31. The summed E-state index contributed by atoms with van der Waals surface area (Å²) in [5, 5.41) is 2.94. The highest BCUT2D eigenvalue weighted by Gasteiger charge is 2.22. The maximum Gasteiger partial charge on any atom is 0.220 e. The van der Waals surface area contributed by atoms with Gasteiger partial charge < -0.3 is 15.8 Å². The van der Waals surface area contributed by atoms with Crippen LogP contribution in [-0.4, -0.2) is 39.3 Å². The number of benzene rings is 1. The van der Waals surface area contributed by atoms with Gasteiger partial charge in [0.25, 0.3) is 0 Å². The van der Waals surface area contributed by atoms with Gasteiger partial charge >= 0.3 is 0 Å². The van der Waals surface area contributed by atoms with Crippen LogP contribution >= 0.6 is 0 Å². The van der Waals surface area contributed by atoms with Crippen LogP contribution in [-0.2, 0) is 14.6 Å². The summed E-state index contributed by atoms with van der Waals surface area (Å²) in [4.78, 5) is 11.9. The lowest BCUT2D eigenvalue weighted by Gasteiger charge is -2.09. The second-order valence-electron chi connectivity index (χ2n) is 6.88. The Bertz CT molecular complexity index is 738. The minimum Gasteiger partial charge on any atom is -0.489 e. The number of ether oxygens (including phenoxy) is 1. The zero-order valence-electron chi connectivity index (χ0n) is 15.9. The van der Waals surface area contributed by atoms with Crippen LogP contribution in [0, 0.1) is 0 Å². The van der Waals surface area contributed by atoms with Crippen LogP contribution in [0.25, 0.3) is 0 Å². The van der Waals surface area contributed by atoms with Crippen molar-refractivity contribution in [2.75, 3.05) is 18.9 Å². The van der Waals surface area contributed by atoms with Crippen molar-refractivity contribution in [3.05, 3.63) is 35.9 Å². The van der Waals surface area contributed by atoms with Crippen molar-refractivity contribution < 1.29 is 17.9 Å². The molecule has 1 aliphatic rings. The van der Waals surface area contributed by atoms with Crippen molar-refractivity contribution >= 4 is 15.7 Å². The molecule has 7 heteroatoms. The molecule has 1 aromatic carbocycles. The van der Waals surface area contributed by atoms with Gasteiger partial charge in [0.15, 0.2) is 9.84 Å². The van der Waals surface area contributed by atoms with Crippen molar-refractivity contribution in [3.63, 3.8) is 0 Å². The van der Waals surface area contributed by atoms with Crippen LogP contribution in [0.5, 0.6) is 5.75 Å². The maximum absolute atomic E-state index is 12.4. The minimum atomic E-state index is -3.31. The predicted molar refractivity (Wildman–Crippen MR) is 106 cm³/mol. The second kappa shape index (κ2) is 10.5. The third-order valence-corrected chi connectivity index (χ3v) is 6.35. The monoisotopic (exact) mass is 394 g/mol. The van der Waals surface area contributed by atoms with Crippen molar-refractivity contribution in [2.45, 2.75) is 56.4 Å². The fourth-order valence-corrected chi connectivity index (χ4v) is 3.95. The number of nitrogens with one attached hydrogen (secondary N) is 1. The predicted octanol–water partition coefficient (Wildman–Crippen LogP) is 2.58. The molecule has 0 bridgehead atoms. The number of amides is 1. The number of carbonyl (C=O) groups is 1. The van der Waals surface area contributed by atoms with E-state index in [1.165, 1.54) is 0 Å². The highest BCUT2D eigenvalue weighted by atomic mass is 32.2. The number of sulfone groups is 1. The molecule has 0 atom stereocenters. The molecule has 0 saturated heterocycles. The summed E-state index contributed by atoms with van der Waals surface area (Å²) in [7, 11) is -3.31. The highest BCUT2D eigenvalue weighted by Crippen LogP contribution is 2.20. The first-order valence-corrected chi connectivity index (χ1v) is 11.2. The molecule has 150 valence electrons. The number of nitrogens with two attached hydrogens (primary N) is 1. The molecule has 0 radical (unpaired) electrons. The van der Waals surface area contributed by atoms with E-state index in [0.29, 0.717) is 42.7 Å². The largest absolute Gasteiger partial charge is 0.489 e. The summed E-state index contributed by atoms with van der Waals surface area (Å²) in [6.07, 6.45) is 6.54. The first kappa shape index (κ1) is 21.4. The molecule has 6 nitrogen and oxygen atoms in total. The van der Waals surface area contributed by atoms with E-state index in [1.807, 2.05) is 13.0 Å². The third-order valence-electron chi connectivity index (χ3n) is 4.54. The van der Waals surface area contributed by atoms with Crippen molar-refractivity contribution in [3.8, 4) is 5.75 Å². The van der Waals surface area contributed by atoms with Crippen molar-refractivity contribution in [1.82, 2.24) is 5.32 Å². The number of allylic oxidation sites excluding steroid dienone is 1. The lowest BCUT2D eigenvalue weighted by atomic mass is 10.2. The van der Waals surface area contributed by atoms with Gasteiger partial charge in [0, 0.05) is 19.0 Å². The second-order valence-corrected chi connectivity index (χ2v) is 8.99. The summed E-state index contributed by atoms with van der Waals surface area (Å²) < 4.78 is 30.4. The number of carbonyl (C=O) groups excluding carboxylic acids is 1. The molecule has 1 fully saturated rings. The number of unbranched alkanes of at least 4 members (excludes halogenated alkanes) is 2. The van der Waals surface area contributed by atoms with Crippen LogP contribution in [0.15, 0.2) is 40.8 Å². The lowest BCUT2D eigenvalue weighted by Crippen LogP contribution is -2.24. The summed E-state index contributed by atoms with van der Waals surface area (Å²) in [6.45, 7) is 2.74. The maximum atomic E-state index is 12.4. The topological polar surface area (TPSA) is 98.5 Å². The molecule has 2 rings (SSSR count). The van der Waals surface area contributed by atoms with Gasteiger partial charge in [-0.3, -0.25) is 4.79 Å². The van der Waals surface area contributed by atoms with Gasteiger partial charge in [0.1, 0.15) is 12.4 Å². The quantitative estimate of drug-likeness (QED) is 0.419. The molecule has 1 amide bonds. The molecule has 0 aromatic heterocycles. The molecule has 0 heterocycles. The van der Waals surface area contributed by atoms with Crippen LogP contribution in [0.4, 0.5) is 0 Å². The number of hydrogen-bond donors (Lipinski definition) is 2. The molecule has 1 aromatic rings. The smallest absolute Gasteiger partial charge is 0.220 e. The van der Waals surface area contributed by atoms with Crippen molar-refractivity contribution in [2.24, 2.45) is 5.73 Å².